The van der Waals surface area contributed by atoms with Crippen LogP contribution >= 0.6 is 11.3 Å². The van der Waals surface area contributed by atoms with Crippen molar-refractivity contribution in [3.63, 3.8) is 0 Å². The number of hydrogen-bond acceptors (Lipinski definition) is 5. The van der Waals surface area contributed by atoms with E-state index in [0.29, 0.717) is 5.82 Å². The predicted molar refractivity (Wildman–Crippen MR) is 73.7 cm³/mol. The van der Waals surface area contributed by atoms with Crippen molar-refractivity contribution in [1.29, 1.82) is 0 Å². The zero-order valence-corrected chi connectivity index (χ0v) is 12.1. The van der Waals surface area contributed by atoms with Gasteiger partial charge in [0.05, 0.1) is 16.9 Å². The lowest BCUT2D eigenvalue weighted by atomic mass is 9.92. The van der Waals surface area contributed by atoms with Gasteiger partial charge in [-0.25, -0.2) is 9.67 Å². The number of nitrogen functional groups attached to an aromatic ring is 1. The van der Waals surface area contributed by atoms with Gasteiger partial charge in [-0.3, -0.25) is 0 Å². The van der Waals surface area contributed by atoms with E-state index < -0.39 is 0 Å². The molecule has 0 saturated carbocycles. The van der Waals surface area contributed by atoms with E-state index in [1.807, 2.05) is 17.1 Å². The van der Waals surface area contributed by atoms with Crippen molar-refractivity contribution in [1.82, 2.24) is 20.0 Å². The van der Waals surface area contributed by atoms with Crippen molar-refractivity contribution < 1.29 is 0 Å². The van der Waals surface area contributed by atoms with Gasteiger partial charge in [0.1, 0.15) is 0 Å². The smallest absolute Gasteiger partial charge is 0.169 e. The maximum atomic E-state index is 5.90. The van der Waals surface area contributed by atoms with Crippen molar-refractivity contribution >= 4 is 17.2 Å². The molecule has 98 valence electrons. The van der Waals surface area contributed by atoms with Crippen LogP contribution in [-0.4, -0.2) is 20.0 Å². The van der Waals surface area contributed by atoms with E-state index >= 15 is 0 Å². The van der Waals surface area contributed by atoms with Crippen molar-refractivity contribution in [3.05, 3.63) is 21.8 Å². The summed E-state index contributed by atoms with van der Waals surface area (Å²) in [5.74, 6) is 0.531. The van der Waals surface area contributed by atoms with Gasteiger partial charge in [0.25, 0.3) is 0 Å². The second-order valence-electron chi connectivity index (χ2n) is 5.41. The first kappa shape index (κ1) is 13.0. The Labute approximate surface area is 111 Å². The zero-order valence-electron chi connectivity index (χ0n) is 11.3. The highest BCUT2D eigenvalue weighted by Gasteiger charge is 2.23. The molecule has 2 rings (SSSR count). The SMILES string of the molecule is Cc1ncsc1CCn1nnc(N)c1C(C)(C)C. The van der Waals surface area contributed by atoms with E-state index in [0.717, 1.165) is 24.4 Å². The lowest BCUT2D eigenvalue weighted by Crippen LogP contribution is -2.20. The first-order chi connectivity index (χ1) is 8.39. The summed E-state index contributed by atoms with van der Waals surface area (Å²) >= 11 is 1.69. The van der Waals surface area contributed by atoms with E-state index in [1.54, 1.807) is 11.3 Å². The average molecular weight is 265 g/mol. The molecule has 0 aromatic carbocycles. The quantitative estimate of drug-likeness (QED) is 0.923. The molecule has 18 heavy (non-hydrogen) atoms. The number of rotatable bonds is 3. The second kappa shape index (κ2) is 4.68. The molecule has 0 saturated heterocycles. The molecule has 0 fully saturated rings. The van der Waals surface area contributed by atoms with Crippen LogP contribution in [0.1, 0.15) is 37.0 Å². The Hall–Kier alpha value is -1.43. The standard InChI is InChI=1S/C12H19N5S/c1-8-9(18-7-14-8)5-6-17-10(12(2,3)4)11(13)15-16-17/h7H,5-6,13H2,1-4H3. The van der Waals surface area contributed by atoms with Gasteiger partial charge in [0, 0.05) is 23.3 Å². The number of nitrogens with two attached hydrogens (primary N) is 1. The molecule has 2 N–H and O–H groups in total. The largest absolute Gasteiger partial charge is 0.381 e. The molecule has 2 aromatic heterocycles. The normalized spacial score (nSPS) is 12.0. The minimum absolute atomic E-state index is 0.0453. The molecule has 0 spiro atoms. The van der Waals surface area contributed by atoms with Gasteiger partial charge in [-0.1, -0.05) is 26.0 Å². The molecule has 0 bridgehead atoms. The van der Waals surface area contributed by atoms with Gasteiger partial charge in [0.2, 0.25) is 0 Å². The molecule has 2 heterocycles. The van der Waals surface area contributed by atoms with Crippen LogP contribution in [0.15, 0.2) is 5.51 Å². The number of hydrogen-bond donors (Lipinski definition) is 1. The Morgan fingerprint density at radius 1 is 1.39 bits per heavy atom. The van der Waals surface area contributed by atoms with Crippen molar-refractivity contribution in [3.8, 4) is 0 Å². The summed E-state index contributed by atoms with van der Waals surface area (Å²) in [7, 11) is 0. The lowest BCUT2D eigenvalue weighted by molar-refractivity contribution is 0.482. The van der Waals surface area contributed by atoms with E-state index in [9.17, 15) is 0 Å². The van der Waals surface area contributed by atoms with Crippen LogP contribution in [0, 0.1) is 6.92 Å². The third-order valence-corrected chi connectivity index (χ3v) is 3.86. The molecule has 0 radical (unpaired) electrons. The summed E-state index contributed by atoms with van der Waals surface area (Å²) in [6, 6.07) is 0. The molecule has 5 nitrogen and oxygen atoms in total. The van der Waals surface area contributed by atoms with E-state index in [4.69, 9.17) is 5.73 Å². The number of anilines is 1. The molecule has 0 aliphatic rings. The first-order valence-electron chi connectivity index (χ1n) is 5.98. The molecule has 0 aliphatic carbocycles. The molecule has 0 amide bonds. The summed E-state index contributed by atoms with van der Waals surface area (Å²) in [5, 5.41) is 8.12. The van der Waals surface area contributed by atoms with Gasteiger partial charge >= 0.3 is 0 Å². The Balaban J connectivity index is 2.18. The minimum atomic E-state index is -0.0453. The van der Waals surface area contributed by atoms with Crippen LogP contribution in [0.4, 0.5) is 5.82 Å². The molecule has 0 unspecified atom stereocenters. The topological polar surface area (TPSA) is 69.6 Å². The van der Waals surface area contributed by atoms with E-state index in [-0.39, 0.29) is 5.41 Å². The summed E-state index contributed by atoms with van der Waals surface area (Å²) in [6.45, 7) is 9.19. The Kier molecular flexibility index (Phi) is 3.38. The number of aromatic nitrogens is 4. The summed E-state index contributed by atoms with van der Waals surface area (Å²) in [4.78, 5) is 5.55. The molecular weight excluding hydrogens is 246 g/mol. The van der Waals surface area contributed by atoms with Crippen molar-refractivity contribution in [2.45, 2.75) is 46.1 Å². The number of aryl methyl sites for hydroxylation is 3. The Bertz CT molecular complexity index is 535. The second-order valence-corrected chi connectivity index (χ2v) is 6.35. The monoisotopic (exact) mass is 265 g/mol. The maximum absolute atomic E-state index is 5.90. The Morgan fingerprint density at radius 2 is 2.11 bits per heavy atom. The fourth-order valence-corrected chi connectivity index (χ4v) is 2.80. The fraction of sp³-hybridized carbons (Fsp3) is 0.583. The molecule has 6 heteroatoms. The molecule has 2 aromatic rings. The Morgan fingerprint density at radius 3 is 2.67 bits per heavy atom. The van der Waals surface area contributed by atoms with Crippen LogP contribution in [0.3, 0.4) is 0 Å². The van der Waals surface area contributed by atoms with Crippen molar-refractivity contribution in [2.75, 3.05) is 5.73 Å². The highest BCUT2D eigenvalue weighted by atomic mass is 32.1. The van der Waals surface area contributed by atoms with Gasteiger partial charge in [-0.05, 0) is 6.92 Å². The van der Waals surface area contributed by atoms with Crippen LogP contribution in [0.2, 0.25) is 0 Å². The maximum Gasteiger partial charge on any atom is 0.169 e. The van der Waals surface area contributed by atoms with Crippen LogP contribution in [0.25, 0.3) is 0 Å². The first-order valence-corrected chi connectivity index (χ1v) is 6.86. The van der Waals surface area contributed by atoms with Crippen LogP contribution in [0.5, 0.6) is 0 Å². The predicted octanol–water partition coefficient (Wildman–Crippen LogP) is 2.17. The molecule has 0 atom stereocenters. The third kappa shape index (κ3) is 2.53. The van der Waals surface area contributed by atoms with Crippen LogP contribution < -0.4 is 5.73 Å². The minimum Gasteiger partial charge on any atom is -0.381 e. The van der Waals surface area contributed by atoms with E-state index in [1.165, 1.54) is 4.88 Å². The highest BCUT2D eigenvalue weighted by molar-refractivity contribution is 7.09. The summed E-state index contributed by atoms with van der Waals surface area (Å²) in [6.07, 6.45) is 0.919. The molecule has 0 aliphatic heterocycles. The van der Waals surface area contributed by atoms with Crippen molar-refractivity contribution in [2.24, 2.45) is 0 Å². The van der Waals surface area contributed by atoms with Gasteiger partial charge in [0.15, 0.2) is 5.82 Å². The highest BCUT2D eigenvalue weighted by Crippen LogP contribution is 2.26. The summed E-state index contributed by atoms with van der Waals surface area (Å²) in [5.41, 5.74) is 9.84. The van der Waals surface area contributed by atoms with Gasteiger partial charge < -0.3 is 5.73 Å². The lowest BCUT2D eigenvalue weighted by Gasteiger charge is -2.20. The van der Waals surface area contributed by atoms with Gasteiger partial charge in [-0.15, -0.1) is 16.4 Å². The zero-order chi connectivity index (χ0) is 13.3. The third-order valence-electron chi connectivity index (χ3n) is 2.87. The van der Waals surface area contributed by atoms with E-state index in [2.05, 4.69) is 36.1 Å². The number of thiazole rings is 1. The summed E-state index contributed by atoms with van der Waals surface area (Å²) < 4.78 is 1.91. The van der Waals surface area contributed by atoms with Crippen LogP contribution in [-0.2, 0) is 18.4 Å². The molecular formula is C12H19N5S. The fourth-order valence-electron chi connectivity index (χ4n) is 2.03. The average Bonchev–Trinajstić information content (AvgIpc) is 2.81. The van der Waals surface area contributed by atoms with Gasteiger partial charge in [-0.2, -0.15) is 0 Å². The number of nitrogens with zero attached hydrogens (tertiary/aromatic N) is 4.